The van der Waals surface area contributed by atoms with Gasteiger partial charge in [-0.05, 0) is 12.1 Å². The summed E-state index contributed by atoms with van der Waals surface area (Å²) in [5.74, 6) is -1.42. The van der Waals surface area contributed by atoms with E-state index in [9.17, 15) is 8.78 Å². The molecule has 0 bridgehead atoms. The van der Waals surface area contributed by atoms with Crippen LogP contribution in [0.3, 0.4) is 0 Å². The number of rotatable bonds is 2. The molecule has 0 fully saturated rings. The van der Waals surface area contributed by atoms with Crippen molar-refractivity contribution in [2.75, 3.05) is 0 Å². The molecular formula is C13H9F2NO. The summed E-state index contributed by atoms with van der Waals surface area (Å²) in [5, 5.41) is 12.1. The lowest BCUT2D eigenvalue weighted by Crippen LogP contribution is -2.04. The molecule has 0 aromatic heterocycles. The minimum Gasteiger partial charge on any atom is -0.410 e. The van der Waals surface area contributed by atoms with Crippen molar-refractivity contribution in [2.45, 2.75) is 0 Å². The van der Waals surface area contributed by atoms with Crippen LogP contribution in [0.5, 0.6) is 0 Å². The van der Waals surface area contributed by atoms with E-state index >= 15 is 0 Å². The largest absolute Gasteiger partial charge is 0.410 e. The minimum atomic E-state index is -0.711. The highest BCUT2D eigenvalue weighted by atomic mass is 19.1. The van der Waals surface area contributed by atoms with E-state index < -0.39 is 11.6 Å². The monoisotopic (exact) mass is 233 g/mol. The molecule has 0 aliphatic rings. The maximum absolute atomic E-state index is 13.1. The average molecular weight is 233 g/mol. The number of oxime groups is 1. The normalized spacial score (nSPS) is 11.5. The molecule has 0 saturated carbocycles. The molecule has 1 N–H and O–H groups in total. The topological polar surface area (TPSA) is 32.6 Å². The van der Waals surface area contributed by atoms with Crippen molar-refractivity contribution < 1.29 is 14.0 Å². The van der Waals surface area contributed by atoms with E-state index in [2.05, 4.69) is 5.16 Å². The molecule has 0 heterocycles. The number of benzene rings is 2. The molecule has 0 aliphatic carbocycles. The van der Waals surface area contributed by atoms with E-state index in [1.165, 1.54) is 0 Å². The molecule has 2 rings (SSSR count). The summed E-state index contributed by atoms with van der Waals surface area (Å²) < 4.78 is 26.1. The highest BCUT2D eigenvalue weighted by Crippen LogP contribution is 2.14. The van der Waals surface area contributed by atoms with Crippen LogP contribution in [0.1, 0.15) is 11.1 Å². The Morgan fingerprint density at radius 2 is 1.47 bits per heavy atom. The van der Waals surface area contributed by atoms with Crippen molar-refractivity contribution >= 4 is 5.71 Å². The van der Waals surface area contributed by atoms with Crippen molar-refractivity contribution in [2.24, 2.45) is 5.16 Å². The maximum Gasteiger partial charge on any atom is 0.126 e. The molecule has 86 valence electrons. The van der Waals surface area contributed by atoms with Crippen LogP contribution in [0.2, 0.25) is 0 Å². The summed E-state index contributed by atoms with van der Waals surface area (Å²) in [5.41, 5.74) is 0.903. The lowest BCUT2D eigenvalue weighted by atomic mass is 10.0. The average Bonchev–Trinajstić information content (AvgIpc) is 2.30. The first-order valence-electron chi connectivity index (χ1n) is 4.94. The molecule has 0 amide bonds. The third-order valence-electron chi connectivity index (χ3n) is 2.28. The van der Waals surface area contributed by atoms with Gasteiger partial charge in [0.25, 0.3) is 0 Å². The van der Waals surface area contributed by atoms with Crippen LogP contribution < -0.4 is 0 Å². The Bertz CT molecular complexity index is 532. The molecule has 0 atom stereocenters. The third-order valence-corrected chi connectivity index (χ3v) is 2.28. The molecule has 4 heteroatoms. The van der Waals surface area contributed by atoms with Crippen molar-refractivity contribution in [3.63, 3.8) is 0 Å². The predicted molar refractivity (Wildman–Crippen MR) is 60.2 cm³/mol. The molecule has 0 aliphatic heterocycles. The van der Waals surface area contributed by atoms with E-state index in [0.717, 1.165) is 18.2 Å². The molecule has 0 radical (unpaired) electrons. The summed E-state index contributed by atoms with van der Waals surface area (Å²) in [6.07, 6.45) is 0. The Labute approximate surface area is 96.8 Å². The zero-order valence-electron chi connectivity index (χ0n) is 8.77. The van der Waals surface area contributed by atoms with E-state index in [0.29, 0.717) is 5.56 Å². The quantitative estimate of drug-likeness (QED) is 0.482. The molecule has 0 saturated heterocycles. The Balaban J connectivity index is 2.51. The number of hydrogen-bond donors (Lipinski definition) is 1. The van der Waals surface area contributed by atoms with Gasteiger partial charge in [0.05, 0.1) is 0 Å². The minimum absolute atomic E-state index is 0.129. The standard InChI is InChI=1S/C13H9F2NO/c14-11-6-10(7-12(15)8-11)13(16-17)9-4-2-1-3-5-9/h1-8,17H/b16-13+. The summed E-state index contributed by atoms with van der Waals surface area (Å²) in [7, 11) is 0. The van der Waals surface area contributed by atoms with Gasteiger partial charge in [0.15, 0.2) is 0 Å². The van der Waals surface area contributed by atoms with E-state index in [1.807, 2.05) is 0 Å². The lowest BCUT2D eigenvalue weighted by molar-refractivity contribution is 0.319. The smallest absolute Gasteiger partial charge is 0.126 e. The fourth-order valence-corrected chi connectivity index (χ4v) is 1.57. The molecule has 2 aromatic rings. The fourth-order valence-electron chi connectivity index (χ4n) is 1.57. The summed E-state index contributed by atoms with van der Waals surface area (Å²) in [6.45, 7) is 0. The number of nitrogens with zero attached hydrogens (tertiary/aromatic N) is 1. The Kier molecular flexibility index (Phi) is 3.14. The van der Waals surface area contributed by atoms with Gasteiger partial charge in [-0.15, -0.1) is 0 Å². The van der Waals surface area contributed by atoms with E-state index in [1.54, 1.807) is 30.3 Å². The van der Waals surface area contributed by atoms with Crippen LogP contribution in [0.15, 0.2) is 53.7 Å². The van der Waals surface area contributed by atoms with Gasteiger partial charge in [-0.25, -0.2) is 8.78 Å². The zero-order valence-corrected chi connectivity index (χ0v) is 8.77. The van der Waals surface area contributed by atoms with Gasteiger partial charge < -0.3 is 5.21 Å². The van der Waals surface area contributed by atoms with Crippen molar-refractivity contribution in [1.29, 1.82) is 0 Å². The molecule has 17 heavy (non-hydrogen) atoms. The second kappa shape index (κ2) is 4.74. The van der Waals surface area contributed by atoms with Crippen molar-refractivity contribution in [3.05, 3.63) is 71.3 Å². The second-order valence-electron chi connectivity index (χ2n) is 3.47. The van der Waals surface area contributed by atoms with Gasteiger partial charge in [0.1, 0.15) is 17.3 Å². The summed E-state index contributed by atoms with van der Waals surface area (Å²) >= 11 is 0. The highest BCUT2D eigenvalue weighted by Gasteiger charge is 2.10. The van der Waals surface area contributed by atoms with Gasteiger partial charge in [0, 0.05) is 17.2 Å². The Hall–Kier alpha value is -2.23. The van der Waals surface area contributed by atoms with Gasteiger partial charge in [-0.2, -0.15) is 0 Å². The first-order valence-corrected chi connectivity index (χ1v) is 4.94. The molecular weight excluding hydrogens is 224 g/mol. The first kappa shape index (κ1) is 11.3. The molecule has 0 spiro atoms. The first-order chi connectivity index (χ1) is 8.20. The lowest BCUT2D eigenvalue weighted by Gasteiger charge is -2.05. The fraction of sp³-hybridized carbons (Fsp3) is 0. The summed E-state index contributed by atoms with van der Waals surface area (Å²) in [6, 6.07) is 11.7. The van der Waals surface area contributed by atoms with Crippen molar-refractivity contribution in [3.8, 4) is 0 Å². The molecule has 2 aromatic carbocycles. The van der Waals surface area contributed by atoms with Crippen LogP contribution in [-0.4, -0.2) is 10.9 Å². The van der Waals surface area contributed by atoms with Crippen LogP contribution in [0.4, 0.5) is 8.78 Å². The third kappa shape index (κ3) is 2.47. The zero-order chi connectivity index (χ0) is 12.3. The van der Waals surface area contributed by atoms with Crippen LogP contribution in [0.25, 0.3) is 0 Å². The predicted octanol–water partition coefficient (Wildman–Crippen LogP) is 3.19. The Morgan fingerprint density at radius 1 is 0.882 bits per heavy atom. The molecule has 2 nitrogen and oxygen atoms in total. The van der Waals surface area contributed by atoms with Gasteiger partial charge in [-0.1, -0.05) is 35.5 Å². The van der Waals surface area contributed by atoms with Gasteiger partial charge in [0.2, 0.25) is 0 Å². The number of hydrogen-bond acceptors (Lipinski definition) is 2. The SMILES string of the molecule is O/N=C(\c1ccccc1)c1cc(F)cc(F)c1. The van der Waals surface area contributed by atoms with Crippen LogP contribution in [0, 0.1) is 11.6 Å². The summed E-state index contributed by atoms with van der Waals surface area (Å²) in [4.78, 5) is 0. The van der Waals surface area contributed by atoms with Crippen molar-refractivity contribution in [1.82, 2.24) is 0 Å². The van der Waals surface area contributed by atoms with E-state index in [4.69, 9.17) is 5.21 Å². The molecule has 0 unspecified atom stereocenters. The van der Waals surface area contributed by atoms with Gasteiger partial charge in [-0.3, -0.25) is 0 Å². The highest BCUT2D eigenvalue weighted by molar-refractivity contribution is 6.12. The number of halogens is 2. The van der Waals surface area contributed by atoms with Crippen LogP contribution in [-0.2, 0) is 0 Å². The maximum atomic E-state index is 13.1. The van der Waals surface area contributed by atoms with E-state index in [-0.39, 0.29) is 11.3 Å². The van der Waals surface area contributed by atoms with Crippen LogP contribution >= 0.6 is 0 Å². The Morgan fingerprint density at radius 3 is 2.00 bits per heavy atom. The van der Waals surface area contributed by atoms with Gasteiger partial charge >= 0.3 is 0 Å². The second-order valence-corrected chi connectivity index (χ2v) is 3.47.